The van der Waals surface area contributed by atoms with Crippen molar-refractivity contribution in [1.82, 2.24) is 26.0 Å². The number of amides is 3. The topological polar surface area (TPSA) is 236 Å². The molecule has 1 aliphatic heterocycles. The third-order valence-electron chi connectivity index (χ3n) is 5.90. The number of primary amides is 1. The average Bonchev–Trinajstić information content (AvgIpc) is 3.23. The van der Waals surface area contributed by atoms with Gasteiger partial charge in [0.1, 0.15) is 29.5 Å². The monoisotopic (exact) mass is 534 g/mol. The van der Waals surface area contributed by atoms with Crippen molar-refractivity contribution in [3.63, 3.8) is 0 Å². The zero-order valence-electron chi connectivity index (χ0n) is 20.7. The summed E-state index contributed by atoms with van der Waals surface area (Å²) < 4.78 is 5.29. The second kappa shape index (κ2) is 11.4. The molecule has 15 nitrogen and oxygen atoms in total. The van der Waals surface area contributed by atoms with Gasteiger partial charge in [0.25, 0.3) is 18.2 Å². The predicted molar refractivity (Wildman–Crippen MR) is 139 cm³/mol. The number of carbonyl (C=O) groups is 3. The van der Waals surface area contributed by atoms with Crippen molar-refractivity contribution in [3.8, 4) is 5.75 Å². The third kappa shape index (κ3) is 5.84. The number of aliphatic hydroxyl groups is 1. The number of hydrazine groups is 1. The maximum Gasteiger partial charge on any atom is 0.281 e. The van der Waals surface area contributed by atoms with Crippen molar-refractivity contribution in [2.45, 2.75) is 19.0 Å². The first-order valence-electron chi connectivity index (χ1n) is 11.5. The third-order valence-corrected chi connectivity index (χ3v) is 5.90. The summed E-state index contributed by atoms with van der Waals surface area (Å²) in [7, 11) is 1.68. The Balaban J connectivity index is 1.43. The molecule has 0 spiro atoms. The molecule has 1 unspecified atom stereocenters. The van der Waals surface area contributed by atoms with E-state index in [0.29, 0.717) is 22.6 Å². The molecule has 2 aromatic carbocycles. The average molecular weight is 535 g/mol. The van der Waals surface area contributed by atoms with Crippen LogP contribution in [0.1, 0.15) is 43.7 Å². The molecule has 10 N–H and O–H groups in total. The van der Waals surface area contributed by atoms with E-state index in [0.717, 1.165) is 11.9 Å². The molecular formula is C24H26N10O5. The number of hydrazone groups is 1. The fraction of sp³-hybridized carbons (Fsp3) is 0.167. The van der Waals surface area contributed by atoms with Gasteiger partial charge in [-0.25, -0.2) is 15.8 Å². The maximum atomic E-state index is 12.9. The standard InChI is InChI=1S/C24H26N10O5/c1-34-17-8-12(2-7-18(17)39-24(34)38)10-28-22(36)15-9-16(30-11-29-15)23(37)31-19(20(25)35)13-3-5-14(6-4-13)21(32-26)33-27/h2-9,11,19,24,38H,10,26-27H2,1H3,(H2,25,35)(H,28,36)(H,31,37)(H,32,33)/t19-,24?/m1/s1. The Bertz CT molecular complexity index is 1430. The molecule has 0 aliphatic carbocycles. The molecule has 0 saturated carbocycles. The molecule has 0 saturated heterocycles. The number of hydrogen-bond donors (Lipinski definition) is 7. The SMILES string of the molecule is CN1c2cc(CNC(=O)c3cc(C(=O)N[C@@H](C(N)=O)c4ccc(/C(=N/N)NN)cc4)ncn3)ccc2OC1O. The van der Waals surface area contributed by atoms with E-state index in [1.165, 1.54) is 6.07 Å². The van der Waals surface area contributed by atoms with E-state index in [9.17, 15) is 19.5 Å². The summed E-state index contributed by atoms with van der Waals surface area (Å²) in [6.07, 6.45) is -0.00929. The quantitative estimate of drug-likeness (QED) is 0.0764. The fourth-order valence-corrected chi connectivity index (χ4v) is 3.79. The maximum absolute atomic E-state index is 12.9. The van der Waals surface area contributed by atoms with E-state index in [4.69, 9.17) is 22.2 Å². The highest BCUT2D eigenvalue weighted by Gasteiger charge is 2.26. The van der Waals surface area contributed by atoms with E-state index in [-0.39, 0.29) is 23.8 Å². The number of rotatable bonds is 8. The number of fused-ring (bicyclic) bond motifs is 1. The normalized spacial score (nSPS) is 15.1. The highest BCUT2D eigenvalue weighted by atomic mass is 16.6. The zero-order valence-corrected chi connectivity index (χ0v) is 20.7. The first-order valence-corrected chi connectivity index (χ1v) is 11.5. The number of amidine groups is 1. The number of aliphatic hydroxyl groups excluding tert-OH is 1. The van der Waals surface area contributed by atoms with Gasteiger partial charge in [-0.3, -0.25) is 14.4 Å². The summed E-state index contributed by atoms with van der Waals surface area (Å²) in [5.41, 5.74) is 10.0. The molecule has 39 heavy (non-hydrogen) atoms. The molecule has 3 aromatic rings. The van der Waals surface area contributed by atoms with E-state index in [2.05, 4.69) is 31.1 Å². The van der Waals surface area contributed by atoms with Crippen LogP contribution in [-0.4, -0.2) is 52.1 Å². The molecule has 15 heteroatoms. The summed E-state index contributed by atoms with van der Waals surface area (Å²) in [6.45, 7) is 0.150. The lowest BCUT2D eigenvalue weighted by atomic mass is 10.0. The Morgan fingerprint density at radius 1 is 1.10 bits per heavy atom. The highest BCUT2D eigenvalue weighted by Crippen LogP contribution is 2.35. The van der Waals surface area contributed by atoms with Gasteiger partial charge >= 0.3 is 0 Å². The number of nitrogens with one attached hydrogen (secondary N) is 3. The van der Waals surface area contributed by atoms with Crippen LogP contribution in [0, 0.1) is 0 Å². The Kier molecular flexibility index (Phi) is 7.83. The number of hydrogen-bond acceptors (Lipinski definition) is 11. The van der Waals surface area contributed by atoms with Crippen molar-refractivity contribution in [2.24, 2.45) is 22.5 Å². The van der Waals surface area contributed by atoms with E-state index < -0.39 is 30.2 Å². The predicted octanol–water partition coefficient (Wildman–Crippen LogP) is -1.45. The number of aromatic nitrogens is 2. The minimum absolute atomic E-state index is 0.0601. The van der Waals surface area contributed by atoms with Gasteiger partial charge in [0.15, 0.2) is 5.84 Å². The van der Waals surface area contributed by atoms with Gasteiger partial charge in [0.05, 0.1) is 5.69 Å². The number of nitrogens with zero attached hydrogens (tertiary/aromatic N) is 4. The Labute approximate surface area is 222 Å². The van der Waals surface area contributed by atoms with E-state index in [1.807, 2.05) is 0 Å². The number of nitrogens with two attached hydrogens (primary N) is 3. The molecule has 1 aliphatic rings. The van der Waals surface area contributed by atoms with Crippen LogP contribution >= 0.6 is 0 Å². The van der Waals surface area contributed by atoms with Gasteiger partial charge in [0, 0.05) is 25.2 Å². The zero-order chi connectivity index (χ0) is 28.1. The van der Waals surface area contributed by atoms with Gasteiger partial charge in [0.2, 0.25) is 5.91 Å². The van der Waals surface area contributed by atoms with Gasteiger partial charge in [-0.2, -0.15) is 5.10 Å². The molecule has 202 valence electrons. The summed E-state index contributed by atoms with van der Waals surface area (Å²) in [6, 6.07) is 11.5. The molecule has 0 radical (unpaired) electrons. The molecule has 3 amide bonds. The number of ether oxygens (including phenoxy) is 1. The van der Waals surface area contributed by atoms with Crippen LogP contribution in [0.15, 0.2) is 60.0 Å². The van der Waals surface area contributed by atoms with Crippen LogP contribution in [0.2, 0.25) is 0 Å². The highest BCUT2D eigenvalue weighted by molar-refractivity contribution is 6.00. The molecular weight excluding hydrogens is 508 g/mol. The van der Waals surface area contributed by atoms with Crippen molar-refractivity contribution in [1.29, 1.82) is 0 Å². The lowest BCUT2D eigenvalue weighted by molar-refractivity contribution is -0.120. The van der Waals surface area contributed by atoms with Gasteiger partial charge in [-0.05, 0) is 23.3 Å². The molecule has 0 bridgehead atoms. The van der Waals surface area contributed by atoms with E-state index in [1.54, 1.807) is 54.4 Å². The lowest BCUT2D eigenvalue weighted by Crippen LogP contribution is -2.38. The largest absolute Gasteiger partial charge is 0.445 e. The summed E-state index contributed by atoms with van der Waals surface area (Å²) in [5, 5.41) is 18.5. The van der Waals surface area contributed by atoms with Gasteiger partial charge in [-0.1, -0.05) is 30.3 Å². The molecule has 2 atom stereocenters. The molecule has 0 fully saturated rings. The van der Waals surface area contributed by atoms with Crippen molar-refractivity contribution in [2.75, 3.05) is 11.9 Å². The van der Waals surface area contributed by atoms with Crippen molar-refractivity contribution < 1.29 is 24.2 Å². The summed E-state index contributed by atoms with van der Waals surface area (Å²) >= 11 is 0. The lowest BCUT2D eigenvalue weighted by Gasteiger charge is -2.16. The van der Waals surface area contributed by atoms with Gasteiger partial charge < -0.3 is 42.4 Å². The first kappa shape index (κ1) is 26.8. The Morgan fingerprint density at radius 2 is 1.79 bits per heavy atom. The van der Waals surface area contributed by atoms with Crippen LogP contribution in [0.3, 0.4) is 0 Å². The first-order chi connectivity index (χ1) is 18.7. The fourth-order valence-electron chi connectivity index (χ4n) is 3.79. The second-order valence-electron chi connectivity index (χ2n) is 8.38. The second-order valence-corrected chi connectivity index (χ2v) is 8.38. The number of carbonyl (C=O) groups excluding carboxylic acids is 3. The minimum atomic E-state index is -1.19. The van der Waals surface area contributed by atoms with Gasteiger partial charge in [-0.15, -0.1) is 0 Å². The van der Waals surface area contributed by atoms with Crippen LogP contribution in [-0.2, 0) is 11.3 Å². The van der Waals surface area contributed by atoms with Crippen molar-refractivity contribution in [3.05, 3.63) is 82.9 Å². The Hall–Kier alpha value is -5.28. The molecule has 2 heterocycles. The molecule has 4 rings (SSSR count). The number of benzene rings is 2. The smallest absolute Gasteiger partial charge is 0.281 e. The number of anilines is 1. The van der Waals surface area contributed by atoms with Crippen LogP contribution < -0.4 is 43.1 Å². The van der Waals surface area contributed by atoms with Crippen molar-refractivity contribution >= 4 is 29.2 Å². The summed E-state index contributed by atoms with van der Waals surface area (Å²) in [5.74, 6) is 9.25. The Morgan fingerprint density at radius 3 is 2.44 bits per heavy atom. The minimum Gasteiger partial charge on any atom is -0.445 e. The summed E-state index contributed by atoms with van der Waals surface area (Å²) in [4.78, 5) is 47.1. The van der Waals surface area contributed by atoms with E-state index >= 15 is 0 Å². The van der Waals surface area contributed by atoms with Crippen LogP contribution in [0.25, 0.3) is 0 Å². The van der Waals surface area contributed by atoms with Crippen LogP contribution in [0.5, 0.6) is 5.75 Å². The molecule has 1 aromatic heterocycles. The van der Waals surface area contributed by atoms with Crippen LogP contribution in [0.4, 0.5) is 5.69 Å².